The van der Waals surface area contributed by atoms with E-state index in [1.807, 2.05) is 18.2 Å². The highest BCUT2D eigenvalue weighted by Gasteiger charge is 2.24. The maximum atomic E-state index is 12.3. The summed E-state index contributed by atoms with van der Waals surface area (Å²) < 4.78 is 15.9. The lowest BCUT2D eigenvalue weighted by molar-refractivity contribution is 0.0835. The van der Waals surface area contributed by atoms with Crippen LogP contribution in [0.1, 0.15) is 41.1 Å². The molecule has 130 valence electrons. The first-order valence-corrected chi connectivity index (χ1v) is 8.12. The van der Waals surface area contributed by atoms with E-state index in [1.165, 1.54) is 0 Å². The Balaban J connectivity index is 1.41. The van der Waals surface area contributed by atoms with Crippen molar-refractivity contribution in [1.29, 1.82) is 0 Å². The summed E-state index contributed by atoms with van der Waals surface area (Å²) in [6.07, 6.45) is 1.75. The van der Waals surface area contributed by atoms with Gasteiger partial charge in [-0.2, -0.15) is 4.98 Å². The van der Waals surface area contributed by atoms with Crippen molar-refractivity contribution in [3.8, 4) is 5.75 Å². The number of nitrogens with one attached hydrogen (secondary N) is 2. The van der Waals surface area contributed by atoms with E-state index in [2.05, 4.69) is 20.4 Å². The number of carbonyl (C=O) groups is 1. The maximum absolute atomic E-state index is 12.3. The Kier molecular flexibility index (Phi) is 4.10. The van der Waals surface area contributed by atoms with Crippen LogP contribution in [0.15, 0.2) is 28.8 Å². The molecule has 1 fully saturated rings. The predicted octanol–water partition coefficient (Wildman–Crippen LogP) is 2.34. The molecule has 8 heteroatoms. The lowest BCUT2D eigenvalue weighted by Crippen LogP contribution is -2.23. The topological polar surface area (TPSA) is 102 Å². The van der Waals surface area contributed by atoms with Crippen molar-refractivity contribution in [2.45, 2.75) is 25.5 Å². The molecular formula is C17H18N4O4. The molecule has 1 aliphatic heterocycles. The van der Waals surface area contributed by atoms with Crippen LogP contribution in [0, 0.1) is 0 Å². The summed E-state index contributed by atoms with van der Waals surface area (Å²) in [6.45, 7) is 0.901. The van der Waals surface area contributed by atoms with Crippen molar-refractivity contribution in [2.24, 2.45) is 0 Å². The summed E-state index contributed by atoms with van der Waals surface area (Å²) in [5, 5.41) is 7.57. The zero-order valence-corrected chi connectivity index (χ0v) is 13.7. The second-order valence-corrected chi connectivity index (χ2v) is 5.87. The minimum Gasteiger partial charge on any atom is -0.497 e. The van der Waals surface area contributed by atoms with E-state index in [0.717, 1.165) is 29.5 Å². The van der Waals surface area contributed by atoms with Gasteiger partial charge in [-0.3, -0.25) is 4.79 Å². The van der Waals surface area contributed by atoms with Gasteiger partial charge in [0.2, 0.25) is 0 Å². The number of benzene rings is 1. The fourth-order valence-corrected chi connectivity index (χ4v) is 2.86. The molecule has 3 heterocycles. The molecule has 0 unspecified atom stereocenters. The number of rotatable bonds is 5. The van der Waals surface area contributed by atoms with E-state index >= 15 is 0 Å². The number of aromatic nitrogens is 3. The monoisotopic (exact) mass is 342 g/mol. The number of ether oxygens (including phenoxy) is 2. The molecule has 1 aliphatic rings. The fraction of sp³-hybridized carbons (Fsp3) is 0.353. The van der Waals surface area contributed by atoms with Gasteiger partial charge >= 0.3 is 0 Å². The van der Waals surface area contributed by atoms with Crippen molar-refractivity contribution in [2.75, 3.05) is 13.7 Å². The second kappa shape index (κ2) is 6.56. The Bertz CT molecular complexity index is 895. The molecule has 2 N–H and O–H groups in total. The fourth-order valence-electron chi connectivity index (χ4n) is 2.86. The number of hydrogen-bond acceptors (Lipinski definition) is 6. The van der Waals surface area contributed by atoms with E-state index < -0.39 is 0 Å². The van der Waals surface area contributed by atoms with Crippen molar-refractivity contribution in [1.82, 2.24) is 20.4 Å². The normalized spacial score (nSPS) is 17.1. The van der Waals surface area contributed by atoms with Crippen LogP contribution in [0.2, 0.25) is 0 Å². The van der Waals surface area contributed by atoms with Crippen LogP contribution in [0.4, 0.5) is 0 Å². The van der Waals surface area contributed by atoms with Crippen LogP contribution in [0.3, 0.4) is 0 Å². The highest BCUT2D eigenvalue weighted by atomic mass is 16.5. The number of aromatic amines is 1. The van der Waals surface area contributed by atoms with Gasteiger partial charge < -0.3 is 24.3 Å². The van der Waals surface area contributed by atoms with Crippen LogP contribution in [0.25, 0.3) is 10.9 Å². The average Bonchev–Trinajstić information content (AvgIpc) is 3.38. The second-order valence-electron chi connectivity index (χ2n) is 5.87. The number of fused-ring (bicyclic) bond motifs is 1. The number of methoxy groups -OCH3 is 1. The SMILES string of the molecule is COc1ccc2[nH]c(C(=O)NCc3noc([C@H]4CCCO4)n3)cc2c1. The molecule has 0 bridgehead atoms. The van der Waals surface area contributed by atoms with E-state index in [9.17, 15) is 4.79 Å². The van der Waals surface area contributed by atoms with Crippen molar-refractivity contribution < 1.29 is 18.8 Å². The van der Waals surface area contributed by atoms with Gasteiger partial charge in [-0.15, -0.1) is 0 Å². The zero-order valence-electron chi connectivity index (χ0n) is 13.7. The highest BCUT2D eigenvalue weighted by Crippen LogP contribution is 2.27. The quantitative estimate of drug-likeness (QED) is 0.738. The van der Waals surface area contributed by atoms with Crippen molar-refractivity contribution in [3.63, 3.8) is 0 Å². The summed E-state index contributed by atoms with van der Waals surface area (Å²) in [4.78, 5) is 19.7. The van der Waals surface area contributed by atoms with Gasteiger partial charge in [0, 0.05) is 17.5 Å². The summed E-state index contributed by atoms with van der Waals surface area (Å²) >= 11 is 0. The molecule has 3 aromatic rings. The number of amides is 1. The third-order valence-corrected chi connectivity index (χ3v) is 4.17. The molecule has 8 nitrogen and oxygen atoms in total. The van der Waals surface area contributed by atoms with Crippen LogP contribution in [-0.4, -0.2) is 34.7 Å². The van der Waals surface area contributed by atoms with Crippen LogP contribution in [-0.2, 0) is 11.3 Å². The van der Waals surface area contributed by atoms with Gasteiger partial charge in [0.25, 0.3) is 11.8 Å². The van der Waals surface area contributed by atoms with E-state index in [1.54, 1.807) is 13.2 Å². The van der Waals surface area contributed by atoms with Crippen LogP contribution in [0.5, 0.6) is 5.75 Å². The molecule has 0 radical (unpaired) electrons. The molecule has 25 heavy (non-hydrogen) atoms. The van der Waals surface area contributed by atoms with Gasteiger partial charge in [-0.25, -0.2) is 0 Å². The van der Waals surface area contributed by atoms with E-state index in [0.29, 0.717) is 24.0 Å². The lowest BCUT2D eigenvalue weighted by Gasteiger charge is -2.01. The van der Waals surface area contributed by atoms with Crippen molar-refractivity contribution in [3.05, 3.63) is 41.7 Å². The number of H-pyrrole nitrogens is 1. The van der Waals surface area contributed by atoms with E-state index in [4.69, 9.17) is 14.0 Å². The molecule has 0 spiro atoms. The Morgan fingerprint density at radius 3 is 3.16 bits per heavy atom. The highest BCUT2D eigenvalue weighted by molar-refractivity contribution is 5.98. The molecule has 1 atom stereocenters. The van der Waals surface area contributed by atoms with Crippen LogP contribution >= 0.6 is 0 Å². The Hall–Kier alpha value is -2.87. The zero-order chi connectivity index (χ0) is 17.2. The lowest BCUT2D eigenvalue weighted by atomic mass is 10.2. The Morgan fingerprint density at radius 1 is 1.44 bits per heavy atom. The smallest absolute Gasteiger partial charge is 0.268 e. The molecule has 1 saturated heterocycles. The molecule has 1 amide bonds. The van der Waals surface area contributed by atoms with Crippen LogP contribution < -0.4 is 10.1 Å². The summed E-state index contributed by atoms with van der Waals surface area (Å²) in [7, 11) is 1.61. The Labute approximate surface area is 143 Å². The molecule has 2 aromatic heterocycles. The first kappa shape index (κ1) is 15.6. The first-order valence-electron chi connectivity index (χ1n) is 8.12. The number of carbonyl (C=O) groups excluding carboxylic acids is 1. The maximum Gasteiger partial charge on any atom is 0.268 e. The van der Waals surface area contributed by atoms with Gasteiger partial charge in [-0.1, -0.05) is 5.16 Å². The average molecular weight is 342 g/mol. The molecular weight excluding hydrogens is 324 g/mol. The Morgan fingerprint density at radius 2 is 2.36 bits per heavy atom. The molecule has 4 rings (SSSR count). The minimum atomic E-state index is -0.237. The summed E-state index contributed by atoms with van der Waals surface area (Å²) in [5.41, 5.74) is 1.33. The third kappa shape index (κ3) is 3.20. The van der Waals surface area contributed by atoms with Gasteiger partial charge in [0.05, 0.1) is 13.7 Å². The molecule has 0 aliphatic carbocycles. The summed E-state index contributed by atoms with van der Waals surface area (Å²) in [6, 6.07) is 7.36. The van der Waals surface area contributed by atoms with Gasteiger partial charge in [0.1, 0.15) is 17.5 Å². The number of hydrogen-bond donors (Lipinski definition) is 2. The predicted molar refractivity (Wildman–Crippen MR) is 88.2 cm³/mol. The number of nitrogens with zero attached hydrogens (tertiary/aromatic N) is 2. The largest absolute Gasteiger partial charge is 0.497 e. The first-order chi connectivity index (χ1) is 12.2. The minimum absolute atomic E-state index is 0.124. The van der Waals surface area contributed by atoms with E-state index in [-0.39, 0.29) is 18.6 Å². The molecule has 1 aromatic carbocycles. The van der Waals surface area contributed by atoms with Gasteiger partial charge in [0.15, 0.2) is 5.82 Å². The third-order valence-electron chi connectivity index (χ3n) is 4.17. The van der Waals surface area contributed by atoms with Gasteiger partial charge in [-0.05, 0) is 37.1 Å². The standard InChI is InChI=1S/C17H18N4O4/c1-23-11-4-5-12-10(7-11)8-13(19-12)16(22)18-9-15-20-17(25-21-15)14-3-2-6-24-14/h4-5,7-8,14,19H,2-3,6,9H2,1H3,(H,18,22)/t14-/m1/s1. The van der Waals surface area contributed by atoms with Crippen molar-refractivity contribution >= 4 is 16.8 Å². The molecule has 0 saturated carbocycles. The summed E-state index contributed by atoms with van der Waals surface area (Å²) in [5.74, 6) is 1.40.